The number of ketones is 1. The summed E-state index contributed by atoms with van der Waals surface area (Å²) in [5.41, 5.74) is 1.50. The van der Waals surface area contributed by atoms with Crippen LogP contribution in [0.25, 0.3) is 0 Å². The van der Waals surface area contributed by atoms with Gasteiger partial charge in [-0.15, -0.1) is 0 Å². The zero-order chi connectivity index (χ0) is 17.9. The Morgan fingerprint density at radius 2 is 1.38 bits per heavy atom. The fourth-order valence-corrected chi connectivity index (χ4v) is 2.62. The van der Waals surface area contributed by atoms with Crippen molar-refractivity contribution < 1.29 is 23.8 Å². The summed E-state index contributed by atoms with van der Waals surface area (Å²) >= 11 is 0. The first-order chi connectivity index (χ1) is 12.7. The van der Waals surface area contributed by atoms with Crippen LogP contribution >= 0.6 is 0 Å². The van der Waals surface area contributed by atoms with E-state index >= 15 is 0 Å². The second-order valence-electron chi connectivity index (χ2n) is 5.68. The average molecular weight is 346 g/mol. The highest BCUT2D eigenvalue weighted by Gasteiger charge is 2.17. The summed E-state index contributed by atoms with van der Waals surface area (Å²) < 4.78 is 15.8. The van der Waals surface area contributed by atoms with E-state index in [0.29, 0.717) is 33.9 Å². The molecule has 1 heterocycles. The quantitative estimate of drug-likeness (QED) is 0.408. The minimum Gasteiger partial charge on any atom is -0.454 e. The van der Waals surface area contributed by atoms with E-state index in [2.05, 4.69) is 0 Å². The molecule has 128 valence electrons. The predicted molar refractivity (Wildman–Crippen MR) is 93.8 cm³/mol. The second-order valence-corrected chi connectivity index (χ2v) is 5.68. The van der Waals surface area contributed by atoms with Gasteiger partial charge < -0.3 is 14.2 Å². The van der Waals surface area contributed by atoms with Crippen molar-refractivity contribution in [2.24, 2.45) is 0 Å². The van der Waals surface area contributed by atoms with Gasteiger partial charge in [0.2, 0.25) is 6.79 Å². The lowest BCUT2D eigenvalue weighted by atomic mass is 10.0. The summed E-state index contributed by atoms with van der Waals surface area (Å²) in [6.45, 7) is 0.144. The van der Waals surface area contributed by atoms with E-state index in [1.807, 2.05) is 18.2 Å². The first kappa shape index (κ1) is 15.9. The van der Waals surface area contributed by atoms with Gasteiger partial charge in [0.1, 0.15) is 5.75 Å². The number of carbonyl (C=O) groups is 2. The van der Waals surface area contributed by atoms with Crippen LogP contribution in [0.4, 0.5) is 0 Å². The van der Waals surface area contributed by atoms with Gasteiger partial charge in [0.05, 0.1) is 5.56 Å². The van der Waals surface area contributed by atoms with Gasteiger partial charge in [-0.2, -0.15) is 0 Å². The number of carbonyl (C=O) groups excluding carboxylic acids is 2. The lowest BCUT2D eigenvalue weighted by molar-refractivity contribution is 0.0734. The van der Waals surface area contributed by atoms with Gasteiger partial charge in [0.15, 0.2) is 17.3 Å². The molecule has 1 aliphatic heterocycles. The Morgan fingerprint density at radius 1 is 0.731 bits per heavy atom. The molecule has 0 atom stereocenters. The Balaban J connectivity index is 1.47. The lowest BCUT2D eigenvalue weighted by Crippen LogP contribution is -2.08. The topological polar surface area (TPSA) is 61.8 Å². The van der Waals surface area contributed by atoms with Crippen LogP contribution in [-0.2, 0) is 0 Å². The molecule has 0 spiro atoms. The van der Waals surface area contributed by atoms with E-state index in [9.17, 15) is 9.59 Å². The van der Waals surface area contributed by atoms with Gasteiger partial charge >= 0.3 is 5.97 Å². The standard InChI is InChI=1S/C21H14O5/c22-20(14-4-2-1-3-5-14)15-6-9-17(10-7-15)26-21(23)16-8-11-18-19(12-16)25-13-24-18/h1-12H,13H2. The third-order valence-electron chi connectivity index (χ3n) is 3.97. The molecule has 3 aromatic carbocycles. The molecule has 0 amide bonds. The van der Waals surface area contributed by atoms with Gasteiger partial charge in [0, 0.05) is 11.1 Å². The van der Waals surface area contributed by atoms with E-state index in [1.165, 1.54) is 0 Å². The van der Waals surface area contributed by atoms with Crippen molar-refractivity contribution in [1.29, 1.82) is 0 Å². The van der Waals surface area contributed by atoms with Crippen molar-refractivity contribution in [1.82, 2.24) is 0 Å². The third-order valence-corrected chi connectivity index (χ3v) is 3.97. The highest BCUT2D eigenvalue weighted by Crippen LogP contribution is 2.32. The third kappa shape index (κ3) is 3.15. The molecule has 0 radical (unpaired) electrons. The summed E-state index contributed by atoms with van der Waals surface area (Å²) in [4.78, 5) is 24.6. The molecular formula is C21H14O5. The maximum absolute atomic E-state index is 12.4. The summed E-state index contributed by atoms with van der Waals surface area (Å²) in [6, 6.07) is 20.3. The van der Waals surface area contributed by atoms with Crippen molar-refractivity contribution in [3.8, 4) is 17.2 Å². The number of fused-ring (bicyclic) bond motifs is 1. The fourth-order valence-electron chi connectivity index (χ4n) is 2.62. The van der Waals surface area contributed by atoms with E-state index < -0.39 is 5.97 Å². The average Bonchev–Trinajstić information content (AvgIpc) is 3.16. The molecule has 1 aliphatic rings. The number of esters is 1. The molecule has 26 heavy (non-hydrogen) atoms. The van der Waals surface area contributed by atoms with Crippen LogP contribution in [0.1, 0.15) is 26.3 Å². The van der Waals surface area contributed by atoms with Crippen LogP contribution in [0, 0.1) is 0 Å². The number of rotatable bonds is 4. The smallest absolute Gasteiger partial charge is 0.343 e. The molecule has 0 aromatic heterocycles. The van der Waals surface area contributed by atoms with Crippen LogP contribution < -0.4 is 14.2 Å². The van der Waals surface area contributed by atoms with Crippen molar-refractivity contribution >= 4 is 11.8 Å². The Kier molecular flexibility index (Phi) is 4.11. The predicted octanol–water partition coefficient (Wildman–Crippen LogP) is 3.87. The van der Waals surface area contributed by atoms with E-state index in [-0.39, 0.29) is 12.6 Å². The molecule has 0 bridgehead atoms. The molecule has 3 aromatic rings. The molecule has 0 saturated heterocycles. The summed E-state index contributed by atoms with van der Waals surface area (Å²) in [5, 5.41) is 0. The van der Waals surface area contributed by atoms with Crippen LogP contribution in [0.3, 0.4) is 0 Å². The number of benzene rings is 3. The Hall–Kier alpha value is -3.60. The van der Waals surface area contributed by atoms with E-state index in [4.69, 9.17) is 14.2 Å². The van der Waals surface area contributed by atoms with Gasteiger partial charge in [-0.3, -0.25) is 4.79 Å². The maximum Gasteiger partial charge on any atom is 0.343 e. The lowest BCUT2D eigenvalue weighted by Gasteiger charge is -2.06. The number of ether oxygens (including phenoxy) is 3. The normalized spacial score (nSPS) is 11.8. The molecule has 0 fully saturated rings. The molecule has 0 unspecified atom stereocenters. The van der Waals surface area contributed by atoms with Crippen LogP contribution in [0.15, 0.2) is 72.8 Å². The van der Waals surface area contributed by atoms with Crippen molar-refractivity contribution in [3.63, 3.8) is 0 Å². The molecule has 0 aliphatic carbocycles. The van der Waals surface area contributed by atoms with Crippen LogP contribution in [0.5, 0.6) is 17.2 Å². The zero-order valence-electron chi connectivity index (χ0n) is 13.7. The maximum atomic E-state index is 12.4. The first-order valence-corrected chi connectivity index (χ1v) is 8.02. The minimum absolute atomic E-state index is 0.0840. The van der Waals surface area contributed by atoms with Crippen molar-refractivity contribution in [3.05, 3.63) is 89.5 Å². The molecular weight excluding hydrogens is 332 g/mol. The summed E-state index contributed by atoms with van der Waals surface area (Å²) in [5.74, 6) is 0.885. The van der Waals surface area contributed by atoms with Gasteiger partial charge in [-0.25, -0.2) is 4.79 Å². The highest BCUT2D eigenvalue weighted by molar-refractivity contribution is 6.09. The first-order valence-electron chi connectivity index (χ1n) is 8.02. The van der Waals surface area contributed by atoms with Crippen molar-refractivity contribution in [2.45, 2.75) is 0 Å². The fraction of sp³-hybridized carbons (Fsp3) is 0.0476. The molecule has 4 rings (SSSR count). The van der Waals surface area contributed by atoms with Gasteiger partial charge in [0.25, 0.3) is 0 Å². The second kappa shape index (κ2) is 6.72. The largest absolute Gasteiger partial charge is 0.454 e. The van der Waals surface area contributed by atoms with Gasteiger partial charge in [-0.05, 0) is 42.5 Å². The highest BCUT2D eigenvalue weighted by atomic mass is 16.7. The number of hydrogen-bond acceptors (Lipinski definition) is 5. The number of hydrogen-bond donors (Lipinski definition) is 0. The molecule has 5 heteroatoms. The summed E-state index contributed by atoms with van der Waals surface area (Å²) in [6.07, 6.45) is 0. The monoisotopic (exact) mass is 346 g/mol. The Labute approximate surface area is 149 Å². The van der Waals surface area contributed by atoms with E-state index in [0.717, 1.165) is 0 Å². The van der Waals surface area contributed by atoms with Crippen LogP contribution in [-0.4, -0.2) is 18.5 Å². The molecule has 0 saturated carbocycles. The van der Waals surface area contributed by atoms with Crippen LogP contribution in [0.2, 0.25) is 0 Å². The minimum atomic E-state index is -0.509. The van der Waals surface area contributed by atoms with E-state index in [1.54, 1.807) is 54.6 Å². The molecule has 5 nitrogen and oxygen atoms in total. The summed E-state index contributed by atoms with van der Waals surface area (Å²) in [7, 11) is 0. The molecule has 0 N–H and O–H groups in total. The van der Waals surface area contributed by atoms with Crippen molar-refractivity contribution in [2.75, 3.05) is 6.79 Å². The zero-order valence-corrected chi connectivity index (χ0v) is 13.7. The van der Waals surface area contributed by atoms with Gasteiger partial charge in [-0.1, -0.05) is 30.3 Å². The SMILES string of the molecule is O=C(Oc1ccc(C(=O)c2ccccc2)cc1)c1ccc2c(c1)OCO2. The Morgan fingerprint density at radius 3 is 2.15 bits per heavy atom. The Bertz CT molecular complexity index is 961.